The Morgan fingerprint density at radius 1 is 1.09 bits per heavy atom. The highest BCUT2D eigenvalue weighted by Crippen LogP contribution is 2.41. The van der Waals surface area contributed by atoms with Crippen molar-refractivity contribution in [3.05, 3.63) is 27.9 Å². The van der Waals surface area contributed by atoms with E-state index in [2.05, 4.69) is 29.9 Å². The fraction of sp³-hybridized carbons (Fsp3) is 0.667. The Hall–Kier alpha value is -1.81. The van der Waals surface area contributed by atoms with Gasteiger partial charge < -0.3 is 14.8 Å². The summed E-state index contributed by atoms with van der Waals surface area (Å²) in [6.45, 7) is 12.4. The Bertz CT molecular complexity index is 977. The molecule has 180 valence electrons. The number of halogens is 2. The number of tetrazole rings is 1. The van der Waals surface area contributed by atoms with Crippen molar-refractivity contribution >= 4 is 34.4 Å². The average molecular weight is 488 g/mol. The van der Waals surface area contributed by atoms with Crippen LogP contribution in [0.15, 0.2) is 6.33 Å². The van der Waals surface area contributed by atoms with Gasteiger partial charge in [0.15, 0.2) is 17.3 Å². The number of hydrogen-bond acceptors (Lipinski definition) is 7. The van der Waals surface area contributed by atoms with Crippen LogP contribution in [0.5, 0.6) is 0 Å². The number of pyridine rings is 1. The first-order valence-corrected chi connectivity index (χ1v) is 11.7. The Morgan fingerprint density at radius 2 is 1.69 bits per heavy atom. The minimum atomic E-state index is -1.50. The lowest BCUT2D eigenvalue weighted by Crippen LogP contribution is -2.15. The van der Waals surface area contributed by atoms with E-state index in [1.165, 1.54) is 18.6 Å². The molecule has 1 saturated carbocycles. The van der Waals surface area contributed by atoms with Gasteiger partial charge in [0, 0.05) is 17.5 Å². The summed E-state index contributed by atoms with van der Waals surface area (Å²) in [5, 5.41) is 29.5. The number of aryl methyl sites for hydroxylation is 1. The number of imidazole rings is 1. The van der Waals surface area contributed by atoms with Crippen LogP contribution >= 0.6 is 23.2 Å². The Balaban J connectivity index is 0.000000497. The molecule has 32 heavy (non-hydrogen) atoms. The van der Waals surface area contributed by atoms with Crippen LogP contribution in [-0.2, 0) is 7.05 Å². The molecule has 9 nitrogen and oxygen atoms in total. The molecule has 0 spiro atoms. The second-order valence-corrected chi connectivity index (χ2v) is 8.20. The molecule has 2 N–H and O–H groups in total. The van der Waals surface area contributed by atoms with Gasteiger partial charge in [0.1, 0.15) is 10.7 Å². The zero-order chi connectivity index (χ0) is 24.6. The Kier molecular flexibility index (Phi) is 11.0. The number of rotatable bonds is 2. The Labute approximate surface area is 199 Å². The summed E-state index contributed by atoms with van der Waals surface area (Å²) in [5.74, 6) is -0.387. The molecule has 3 heterocycles. The van der Waals surface area contributed by atoms with Gasteiger partial charge in [0.2, 0.25) is 0 Å². The largest absolute Gasteiger partial charge is 0.366 e. The highest BCUT2D eigenvalue weighted by Gasteiger charge is 2.31. The number of fused-ring (bicyclic) bond motifs is 1. The summed E-state index contributed by atoms with van der Waals surface area (Å²) >= 11 is 12.5. The Morgan fingerprint density at radius 3 is 2.22 bits per heavy atom. The van der Waals surface area contributed by atoms with Crippen LogP contribution in [0.2, 0.25) is 10.2 Å². The van der Waals surface area contributed by atoms with Gasteiger partial charge in [-0.2, -0.15) is 4.80 Å². The van der Waals surface area contributed by atoms with E-state index in [1.54, 1.807) is 13.4 Å². The van der Waals surface area contributed by atoms with Gasteiger partial charge in [0.05, 0.1) is 18.4 Å². The molecule has 3 aromatic heterocycles. The van der Waals surface area contributed by atoms with E-state index < -0.39 is 5.79 Å². The maximum atomic E-state index is 8.08. The number of nitrogens with zero attached hydrogens (tertiary/aromatic N) is 7. The van der Waals surface area contributed by atoms with Gasteiger partial charge in [-0.25, -0.2) is 9.97 Å². The molecular weight excluding hydrogens is 453 g/mol. The number of aliphatic hydroxyl groups is 2. The van der Waals surface area contributed by atoms with E-state index in [0.29, 0.717) is 21.6 Å². The minimum absolute atomic E-state index is 0.288. The predicted molar refractivity (Wildman–Crippen MR) is 128 cm³/mol. The number of hydrogen-bond donors (Lipinski definition) is 2. The van der Waals surface area contributed by atoms with Crippen LogP contribution in [0.1, 0.15) is 84.2 Å². The van der Waals surface area contributed by atoms with Crippen LogP contribution in [-0.4, -0.2) is 50.7 Å². The predicted octanol–water partition coefficient (Wildman–Crippen LogP) is 4.84. The van der Waals surface area contributed by atoms with Gasteiger partial charge in [-0.05, 0) is 45.2 Å². The van der Waals surface area contributed by atoms with Crippen molar-refractivity contribution in [2.45, 2.75) is 85.5 Å². The first kappa shape index (κ1) is 28.2. The van der Waals surface area contributed by atoms with Crippen LogP contribution < -0.4 is 0 Å². The molecule has 0 radical (unpaired) electrons. The lowest BCUT2D eigenvalue weighted by atomic mass is 10.1. The van der Waals surface area contributed by atoms with Crippen molar-refractivity contribution in [1.29, 1.82) is 0 Å². The van der Waals surface area contributed by atoms with Gasteiger partial charge >= 0.3 is 0 Å². The fourth-order valence-electron chi connectivity index (χ4n) is 3.24. The lowest BCUT2D eigenvalue weighted by Gasteiger charge is -2.13. The van der Waals surface area contributed by atoms with E-state index in [4.69, 9.17) is 33.4 Å². The van der Waals surface area contributed by atoms with Gasteiger partial charge in [0.25, 0.3) is 0 Å². The molecule has 4 rings (SSSR count). The summed E-state index contributed by atoms with van der Waals surface area (Å²) in [5.41, 5.74) is 2.21. The molecule has 1 unspecified atom stereocenters. The molecule has 3 aromatic rings. The maximum Gasteiger partial charge on any atom is 0.177 e. The molecule has 0 aliphatic heterocycles. The van der Waals surface area contributed by atoms with Gasteiger partial charge in [-0.1, -0.05) is 50.9 Å². The smallest absolute Gasteiger partial charge is 0.177 e. The summed E-state index contributed by atoms with van der Waals surface area (Å²) < 4.78 is 2.07. The summed E-state index contributed by atoms with van der Waals surface area (Å²) in [4.78, 5) is 10.4. The standard InChI is InChI=1S/C14H15Cl2N7.C3H8O2.2C2H6/c1-7-10(15)11-14(18-12(7)16)23(6-17-11)9-4-3-8(5-9)13-19-21-22(2)20-13;1-3(2,4)5;2*1-2/h6,8-9H,3-5H2,1-2H3;4-5H,1-2H3;2*1-2H3/t8-,9?;;;/m1.../s1. The van der Waals surface area contributed by atoms with E-state index in [-0.39, 0.29) is 6.04 Å². The first-order valence-electron chi connectivity index (χ1n) is 10.9. The van der Waals surface area contributed by atoms with E-state index >= 15 is 0 Å². The molecule has 0 bridgehead atoms. The molecule has 1 fully saturated rings. The van der Waals surface area contributed by atoms with Crippen molar-refractivity contribution in [1.82, 2.24) is 34.7 Å². The monoisotopic (exact) mass is 487 g/mol. The van der Waals surface area contributed by atoms with Crippen molar-refractivity contribution in [3.8, 4) is 0 Å². The molecule has 1 aliphatic carbocycles. The van der Waals surface area contributed by atoms with Crippen LogP contribution in [0.4, 0.5) is 0 Å². The second-order valence-electron chi connectivity index (χ2n) is 7.46. The topological polar surface area (TPSA) is 115 Å². The van der Waals surface area contributed by atoms with Gasteiger partial charge in [-0.3, -0.25) is 0 Å². The summed E-state index contributed by atoms with van der Waals surface area (Å²) in [6, 6.07) is 0.288. The molecule has 0 saturated heterocycles. The molecule has 2 atom stereocenters. The minimum Gasteiger partial charge on any atom is -0.366 e. The van der Waals surface area contributed by atoms with Crippen molar-refractivity contribution in [3.63, 3.8) is 0 Å². The van der Waals surface area contributed by atoms with E-state index in [9.17, 15) is 0 Å². The average Bonchev–Trinajstić information content (AvgIpc) is 3.47. The summed E-state index contributed by atoms with van der Waals surface area (Å²) in [7, 11) is 1.78. The molecule has 11 heteroatoms. The summed E-state index contributed by atoms with van der Waals surface area (Å²) in [6.07, 6.45) is 4.76. The highest BCUT2D eigenvalue weighted by molar-refractivity contribution is 6.38. The fourth-order valence-corrected chi connectivity index (χ4v) is 3.69. The zero-order valence-electron chi connectivity index (χ0n) is 20.1. The third-order valence-corrected chi connectivity index (χ3v) is 5.34. The second kappa shape index (κ2) is 12.4. The lowest BCUT2D eigenvalue weighted by molar-refractivity contribution is -0.127. The van der Waals surface area contributed by atoms with Crippen molar-refractivity contribution in [2.75, 3.05) is 0 Å². The molecule has 0 aromatic carbocycles. The van der Waals surface area contributed by atoms with E-state index in [1.807, 2.05) is 34.6 Å². The third-order valence-electron chi connectivity index (χ3n) is 4.51. The first-order chi connectivity index (χ1) is 15.0. The van der Waals surface area contributed by atoms with E-state index in [0.717, 1.165) is 36.3 Å². The SMILES string of the molecule is CC.CC.CC(C)(O)O.Cc1c(Cl)nc2c(ncn2C2CC[C@@H](c3nnn(C)n3)C2)c1Cl. The zero-order valence-corrected chi connectivity index (χ0v) is 21.6. The van der Waals surface area contributed by atoms with Gasteiger partial charge in [-0.15, -0.1) is 10.2 Å². The third kappa shape index (κ3) is 7.37. The van der Waals surface area contributed by atoms with Crippen LogP contribution in [0.3, 0.4) is 0 Å². The normalized spacial score (nSPS) is 17.6. The highest BCUT2D eigenvalue weighted by atomic mass is 35.5. The number of aromatic nitrogens is 7. The van der Waals surface area contributed by atoms with Crippen LogP contribution in [0, 0.1) is 6.92 Å². The molecular formula is C21H35Cl2N7O2. The molecule has 0 amide bonds. The molecule has 1 aliphatic rings. The van der Waals surface area contributed by atoms with Crippen molar-refractivity contribution < 1.29 is 10.2 Å². The van der Waals surface area contributed by atoms with Crippen LogP contribution in [0.25, 0.3) is 11.2 Å². The van der Waals surface area contributed by atoms with Crippen molar-refractivity contribution in [2.24, 2.45) is 7.05 Å². The quantitative estimate of drug-likeness (QED) is 0.392. The maximum absolute atomic E-state index is 8.08.